The maximum atomic E-state index is 12.8. The summed E-state index contributed by atoms with van der Waals surface area (Å²) >= 11 is 5.25. The van der Waals surface area contributed by atoms with Crippen LogP contribution in [0.15, 0.2) is 40.9 Å². The number of likely N-dealkylation sites (tertiary alicyclic amines) is 1. The summed E-state index contributed by atoms with van der Waals surface area (Å²) in [4.78, 5) is 17.0. The first-order valence-corrected chi connectivity index (χ1v) is 10.4. The third-order valence-corrected chi connectivity index (χ3v) is 6.87. The van der Waals surface area contributed by atoms with Gasteiger partial charge in [-0.25, -0.2) is 0 Å². The Morgan fingerprint density at radius 1 is 1.25 bits per heavy atom. The molecule has 1 aliphatic rings. The Morgan fingerprint density at radius 3 is 2.62 bits per heavy atom. The van der Waals surface area contributed by atoms with Crippen molar-refractivity contribution in [1.29, 1.82) is 0 Å². The Labute approximate surface area is 157 Å². The molecule has 24 heavy (non-hydrogen) atoms. The topological polar surface area (TPSA) is 20.3 Å². The molecule has 1 saturated heterocycles. The fourth-order valence-corrected chi connectivity index (χ4v) is 5.30. The molecule has 1 aromatic carbocycles. The molecule has 0 radical (unpaired) electrons. The van der Waals surface area contributed by atoms with Gasteiger partial charge < -0.3 is 4.90 Å². The van der Waals surface area contributed by atoms with Gasteiger partial charge in [-0.1, -0.05) is 43.7 Å². The summed E-state index contributed by atoms with van der Waals surface area (Å²) in [6, 6.07) is 12.7. The predicted octanol–water partition coefficient (Wildman–Crippen LogP) is 5.56. The summed E-state index contributed by atoms with van der Waals surface area (Å²) in [6.07, 6.45) is 5.49. The molecule has 1 aliphatic heterocycles. The fraction of sp³-hybridized carbons (Fsp3) is 0.450. The quantitative estimate of drug-likeness (QED) is 0.637. The monoisotopic (exact) mass is 405 g/mol. The lowest BCUT2D eigenvalue weighted by Gasteiger charge is -2.31. The second-order valence-electron chi connectivity index (χ2n) is 6.56. The molecule has 2 heterocycles. The van der Waals surface area contributed by atoms with Crippen LogP contribution in [0.2, 0.25) is 0 Å². The molecule has 0 aliphatic carbocycles. The van der Waals surface area contributed by atoms with E-state index in [1.54, 1.807) is 11.3 Å². The van der Waals surface area contributed by atoms with Crippen molar-refractivity contribution in [2.24, 2.45) is 5.92 Å². The van der Waals surface area contributed by atoms with Gasteiger partial charge in [0.1, 0.15) is 0 Å². The van der Waals surface area contributed by atoms with Crippen molar-refractivity contribution in [2.45, 2.75) is 39.0 Å². The van der Waals surface area contributed by atoms with Gasteiger partial charge in [0.05, 0.1) is 4.88 Å². The number of hydrogen-bond acceptors (Lipinski definition) is 2. The molecule has 0 bridgehead atoms. The van der Waals surface area contributed by atoms with Crippen LogP contribution in [0.1, 0.15) is 46.3 Å². The third kappa shape index (κ3) is 4.28. The minimum absolute atomic E-state index is 0.209. The summed E-state index contributed by atoms with van der Waals surface area (Å²) in [5.74, 6) is 0.906. The van der Waals surface area contributed by atoms with Gasteiger partial charge >= 0.3 is 0 Å². The molecule has 0 saturated carbocycles. The Hall–Kier alpha value is -1.13. The van der Waals surface area contributed by atoms with Crippen molar-refractivity contribution < 1.29 is 4.79 Å². The van der Waals surface area contributed by atoms with Crippen LogP contribution in [-0.4, -0.2) is 23.9 Å². The van der Waals surface area contributed by atoms with E-state index in [1.807, 2.05) is 11.0 Å². The van der Waals surface area contributed by atoms with Gasteiger partial charge in [0, 0.05) is 22.4 Å². The molecule has 2 nitrogen and oxygen atoms in total. The first-order valence-electron chi connectivity index (χ1n) is 8.78. The molecule has 3 rings (SSSR count). The van der Waals surface area contributed by atoms with E-state index in [0.717, 1.165) is 54.5 Å². The van der Waals surface area contributed by atoms with Crippen LogP contribution < -0.4 is 0 Å². The molecule has 1 fully saturated rings. The lowest BCUT2D eigenvalue weighted by atomic mass is 9.90. The van der Waals surface area contributed by atoms with E-state index in [2.05, 4.69) is 53.2 Å². The number of halogens is 1. The third-order valence-electron chi connectivity index (χ3n) is 4.71. The van der Waals surface area contributed by atoms with Crippen LogP contribution in [0.3, 0.4) is 0 Å². The second kappa shape index (κ2) is 8.30. The zero-order valence-electron chi connectivity index (χ0n) is 14.1. The average Bonchev–Trinajstić information content (AvgIpc) is 2.97. The predicted molar refractivity (Wildman–Crippen MR) is 105 cm³/mol. The number of amides is 1. The average molecular weight is 406 g/mol. The largest absolute Gasteiger partial charge is 0.338 e. The SMILES string of the molecule is CCCc1sc(C(=O)N2CCC(Cc3ccccc3)CC2)cc1Br. The van der Waals surface area contributed by atoms with Crippen molar-refractivity contribution in [2.75, 3.05) is 13.1 Å². The van der Waals surface area contributed by atoms with E-state index < -0.39 is 0 Å². The normalized spacial score (nSPS) is 15.7. The van der Waals surface area contributed by atoms with E-state index in [9.17, 15) is 4.79 Å². The maximum Gasteiger partial charge on any atom is 0.263 e. The molecule has 0 atom stereocenters. The second-order valence-corrected chi connectivity index (χ2v) is 8.55. The number of aryl methyl sites for hydroxylation is 1. The van der Waals surface area contributed by atoms with Gasteiger partial charge in [0.25, 0.3) is 5.91 Å². The maximum absolute atomic E-state index is 12.8. The highest BCUT2D eigenvalue weighted by atomic mass is 79.9. The van der Waals surface area contributed by atoms with Crippen molar-refractivity contribution in [1.82, 2.24) is 4.90 Å². The molecule has 1 aromatic heterocycles. The van der Waals surface area contributed by atoms with Gasteiger partial charge in [-0.05, 0) is 59.2 Å². The van der Waals surface area contributed by atoms with E-state index >= 15 is 0 Å². The Kier molecular flexibility index (Phi) is 6.12. The van der Waals surface area contributed by atoms with Gasteiger partial charge in [0.15, 0.2) is 0 Å². The summed E-state index contributed by atoms with van der Waals surface area (Å²) in [6.45, 7) is 3.94. The van der Waals surface area contributed by atoms with Crippen LogP contribution in [0.5, 0.6) is 0 Å². The lowest BCUT2D eigenvalue weighted by Crippen LogP contribution is -2.38. The molecule has 128 valence electrons. The minimum Gasteiger partial charge on any atom is -0.338 e. The van der Waals surface area contributed by atoms with Gasteiger partial charge in [-0.2, -0.15) is 0 Å². The number of benzene rings is 1. The van der Waals surface area contributed by atoms with Gasteiger partial charge in [-0.3, -0.25) is 4.79 Å². The van der Waals surface area contributed by atoms with Crippen LogP contribution in [-0.2, 0) is 12.8 Å². The molecule has 0 N–H and O–H groups in total. The van der Waals surface area contributed by atoms with Crippen molar-refractivity contribution in [3.8, 4) is 0 Å². The molecule has 4 heteroatoms. The molecule has 2 aromatic rings. The number of hydrogen-bond donors (Lipinski definition) is 0. The first kappa shape index (κ1) is 17.7. The van der Waals surface area contributed by atoms with E-state index in [0.29, 0.717) is 5.92 Å². The number of nitrogens with zero attached hydrogens (tertiary/aromatic N) is 1. The molecule has 0 spiro atoms. The number of thiophene rings is 1. The zero-order valence-corrected chi connectivity index (χ0v) is 16.5. The van der Waals surface area contributed by atoms with Crippen molar-refractivity contribution in [3.05, 3.63) is 56.2 Å². The molecule has 0 unspecified atom stereocenters. The van der Waals surface area contributed by atoms with Crippen LogP contribution in [0.25, 0.3) is 0 Å². The van der Waals surface area contributed by atoms with E-state index in [1.165, 1.54) is 10.4 Å². The standard InChI is InChI=1S/C20H24BrNOS/c1-2-6-18-17(21)14-19(24-18)20(23)22-11-9-16(10-12-22)13-15-7-4-3-5-8-15/h3-5,7-8,14,16H,2,6,9-13H2,1H3. The summed E-state index contributed by atoms with van der Waals surface area (Å²) < 4.78 is 1.09. The lowest BCUT2D eigenvalue weighted by molar-refractivity contribution is 0.0695. The number of piperidine rings is 1. The Balaban J connectivity index is 1.56. The number of carbonyl (C=O) groups is 1. The van der Waals surface area contributed by atoms with Crippen molar-refractivity contribution in [3.63, 3.8) is 0 Å². The molecule has 1 amide bonds. The zero-order chi connectivity index (χ0) is 16.9. The first-order chi connectivity index (χ1) is 11.7. The summed E-state index contributed by atoms with van der Waals surface area (Å²) in [5.41, 5.74) is 1.41. The highest BCUT2D eigenvalue weighted by Crippen LogP contribution is 2.31. The van der Waals surface area contributed by atoms with Crippen LogP contribution in [0.4, 0.5) is 0 Å². The molecular weight excluding hydrogens is 382 g/mol. The van der Waals surface area contributed by atoms with Gasteiger partial charge in [-0.15, -0.1) is 11.3 Å². The Bertz CT molecular complexity index is 674. The van der Waals surface area contributed by atoms with E-state index in [4.69, 9.17) is 0 Å². The Morgan fingerprint density at radius 2 is 1.96 bits per heavy atom. The smallest absolute Gasteiger partial charge is 0.263 e. The molecular formula is C20H24BrNOS. The summed E-state index contributed by atoms with van der Waals surface area (Å²) in [7, 11) is 0. The highest BCUT2D eigenvalue weighted by molar-refractivity contribution is 9.10. The fourth-order valence-electron chi connectivity index (χ4n) is 3.35. The number of carbonyl (C=O) groups excluding carboxylic acids is 1. The van der Waals surface area contributed by atoms with Crippen LogP contribution in [0, 0.1) is 5.92 Å². The van der Waals surface area contributed by atoms with Crippen molar-refractivity contribution >= 4 is 33.2 Å². The highest BCUT2D eigenvalue weighted by Gasteiger charge is 2.25. The minimum atomic E-state index is 0.209. The van der Waals surface area contributed by atoms with Gasteiger partial charge in [0.2, 0.25) is 0 Å². The number of rotatable bonds is 5. The van der Waals surface area contributed by atoms with Crippen LogP contribution >= 0.6 is 27.3 Å². The summed E-state index contributed by atoms with van der Waals surface area (Å²) in [5, 5.41) is 0. The van der Waals surface area contributed by atoms with E-state index in [-0.39, 0.29) is 5.91 Å².